The van der Waals surface area contributed by atoms with Gasteiger partial charge >= 0.3 is 6.18 Å². The van der Waals surface area contributed by atoms with Crippen LogP contribution in [0.1, 0.15) is 37.9 Å². The highest BCUT2D eigenvalue weighted by Gasteiger charge is 2.35. The van der Waals surface area contributed by atoms with Crippen molar-refractivity contribution in [3.63, 3.8) is 0 Å². The number of benzene rings is 1. The molecule has 0 bridgehead atoms. The molecule has 2 atom stereocenters. The molecule has 7 heteroatoms. The van der Waals surface area contributed by atoms with Crippen LogP contribution in [0.3, 0.4) is 0 Å². The Morgan fingerprint density at radius 2 is 1.86 bits per heavy atom. The zero-order chi connectivity index (χ0) is 16.5. The van der Waals surface area contributed by atoms with E-state index >= 15 is 0 Å². The molecule has 1 saturated heterocycles. The molecule has 1 aromatic rings. The van der Waals surface area contributed by atoms with Crippen molar-refractivity contribution in [2.24, 2.45) is 10.9 Å². The van der Waals surface area contributed by atoms with Gasteiger partial charge in [-0.15, -0.1) is 0 Å². The minimum atomic E-state index is -4.42. The number of halogens is 3. The number of nitrogens with zero attached hydrogens (tertiary/aromatic N) is 1. The fraction of sp³-hybridized carbons (Fsp3) is 0.467. The Morgan fingerprint density at radius 1 is 1.23 bits per heavy atom. The van der Waals surface area contributed by atoms with Crippen molar-refractivity contribution in [1.82, 2.24) is 5.32 Å². The second-order valence-corrected chi connectivity index (χ2v) is 6.60. The molecule has 1 heterocycles. The summed E-state index contributed by atoms with van der Waals surface area (Å²) >= 11 is 1.27. The lowest BCUT2D eigenvalue weighted by atomic mass is 10.0. The number of aliphatic imine (C=N–C) groups is 1. The fourth-order valence-electron chi connectivity index (χ4n) is 2.25. The van der Waals surface area contributed by atoms with Gasteiger partial charge in [0.25, 0.3) is 0 Å². The molecule has 0 aromatic heterocycles. The van der Waals surface area contributed by atoms with Crippen molar-refractivity contribution in [1.29, 1.82) is 0 Å². The predicted octanol–water partition coefficient (Wildman–Crippen LogP) is 4.01. The van der Waals surface area contributed by atoms with Crippen LogP contribution >= 0.6 is 11.8 Å². The summed E-state index contributed by atoms with van der Waals surface area (Å²) in [6.07, 6.45) is -4.42. The van der Waals surface area contributed by atoms with Gasteiger partial charge in [0.05, 0.1) is 16.9 Å². The van der Waals surface area contributed by atoms with Gasteiger partial charge in [-0.2, -0.15) is 13.2 Å². The van der Waals surface area contributed by atoms with Crippen molar-refractivity contribution >= 4 is 22.8 Å². The standard InChI is InChI=1S/C15H17F3N2OS/c1-8(2)12-13(21)20-14(22-12)19-9(3)10-6-4-5-7-11(10)15(16,17)18/h4-9,12H,1-3H3,(H,19,20,21)/t9-,12?/m1/s1. The number of amidine groups is 1. The van der Waals surface area contributed by atoms with Gasteiger partial charge in [-0.25, -0.2) is 0 Å². The lowest BCUT2D eigenvalue weighted by Gasteiger charge is -2.15. The first-order chi connectivity index (χ1) is 10.2. The van der Waals surface area contributed by atoms with Gasteiger partial charge in [-0.05, 0) is 24.5 Å². The molecule has 0 aliphatic carbocycles. The van der Waals surface area contributed by atoms with Crippen LogP contribution in [0.5, 0.6) is 0 Å². The van der Waals surface area contributed by atoms with E-state index in [0.29, 0.717) is 5.17 Å². The molecule has 1 aromatic carbocycles. The van der Waals surface area contributed by atoms with Crippen LogP contribution in [0.2, 0.25) is 0 Å². The summed E-state index contributed by atoms with van der Waals surface area (Å²) in [6, 6.07) is 4.68. The van der Waals surface area contributed by atoms with Gasteiger partial charge in [-0.3, -0.25) is 9.79 Å². The minimum Gasteiger partial charge on any atom is -0.304 e. The number of rotatable bonds is 3. The number of hydrogen-bond donors (Lipinski definition) is 1. The molecule has 0 saturated carbocycles. The third-order valence-electron chi connectivity index (χ3n) is 3.36. The maximum absolute atomic E-state index is 13.0. The summed E-state index contributed by atoms with van der Waals surface area (Å²) in [5, 5.41) is 2.77. The van der Waals surface area contributed by atoms with E-state index < -0.39 is 17.8 Å². The van der Waals surface area contributed by atoms with E-state index in [-0.39, 0.29) is 22.6 Å². The highest BCUT2D eigenvalue weighted by molar-refractivity contribution is 8.15. The number of hydrogen-bond acceptors (Lipinski definition) is 3. The van der Waals surface area contributed by atoms with E-state index in [2.05, 4.69) is 10.3 Å². The molecule has 3 nitrogen and oxygen atoms in total. The summed E-state index contributed by atoms with van der Waals surface area (Å²) in [6.45, 7) is 5.43. The first-order valence-electron chi connectivity index (χ1n) is 6.91. The van der Waals surface area contributed by atoms with E-state index in [1.165, 1.54) is 23.9 Å². The lowest BCUT2D eigenvalue weighted by Crippen LogP contribution is -2.27. The smallest absolute Gasteiger partial charge is 0.304 e. The maximum atomic E-state index is 13.0. The van der Waals surface area contributed by atoms with Gasteiger partial charge < -0.3 is 5.32 Å². The molecule has 1 aliphatic rings. The summed E-state index contributed by atoms with van der Waals surface area (Å²) < 4.78 is 39.1. The van der Waals surface area contributed by atoms with Gasteiger partial charge in [0.2, 0.25) is 5.91 Å². The Hall–Kier alpha value is -1.50. The summed E-state index contributed by atoms with van der Waals surface area (Å²) in [5.41, 5.74) is -0.591. The Bertz CT molecular complexity index is 599. The van der Waals surface area contributed by atoms with Crippen LogP contribution in [0.15, 0.2) is 29.3 Å². The molecule has 1 N–H and O–H groups in total. The first-order valence-corrected chi connectivity index (χ1v) is 7.79. The van der Waals surface area contributed by atoms with E-state index in [1.807, 2.05) is 13.8 Å². The molecular formula is C15H17F3N2OS. The van der Waals surface area contributed by atoms with Gasteiger partial charge in [0.1, 0.15) is 0 Å². The van der Waals surface area contributed by atoms with Crippen LogP contribution in [-0.4, -0.2) is 16.3 Å². The Labute approximate surface area is 131 Å². The molecule has 120 valence electrons. The first kappa shape index (κ1) is 16.9. The van der Waals surface area contributed by atoms with E-state index in [4.69, 9.17) is 0 Å². The Balaban J connectivity index is 2.26. The monoisotopic (exact) mass is 330 g/mol. The highest BCUT2D eigenvalue weighted by atomic mass is 32.2. The molecule has 1 aliphatic heterocycles. The summed E-state index contributed by atoms with van der Waals surface area (Å²) in [5.74, 6) is -0.00877. The normalized spacial score (nSPS) is 22.2. The number of carbonyl (C=O) groups is 1. The molecular weight excluding hydrogens is 313 g/mol. The Kier molecular flexibility index (Phi) is 4.84. The Morgan fingerprint density at radius 3 is 2.41 bits per heavy atom. The zero-order valence-corrected chi connectivity index (χ0v) is 13.3. The average molecular weight is 330 g/mol. The van der Waals surface area contributed by atoms with E-state index in [0.717, 1.165) is 6.07 Å². The largest absolute Gasteiger partial charge is 0.416 e. The van der Waals surface area contributed by atoms with Crippen molar-refractivity contribution < 1.29 is 18.0 Å². The van der Waals surface area contributed by atoms with Gasteiger partial charge in [0.15, 0.2) is 5.17 Å². The van der Waals surface area contributed by atoms with E-state index in [1.54, 1.807) is 13.0 Å². The molecule has 1 unspecified atom stereocenters. The lowest BCUT2D eigenvalue weighted by molar-refractivity contribution is -0.138. The van der Waals surface area contributed by atoms with Crippen molar-refractivity contribution in [3.8, 4) is 0 Å². The minimum absolute atomic E-state index is 0.102. The van der Waals surface area contributed by atoms with Crippen molar-refractivity contribution in [3.05, 3.63) is 35.4 Å². The van der Waals surface area contributed by atoms with Gasteiger partial charge in [-0.1, -0.05) is 43.8 Å². The van der Waals surface area contributed by atoms with Crippen LogP contribution in [0, 0.1) is 5.92 Å². The van der Waals surface area contributed by atoms with Crippen LogP contribution < -0.4 is 5.32 Å². The zero-order valence-electron chi connectivity index (χ0n) is 12.4. The molecule has 1 amide bonds. The molecule has 2 rings (SSSR count). The molecule has 1 fully saturated rings. The summed E-state index contributed by atoms with van der Waals surface area (Å²) in [4.78, 5) is 16.0. The van der Waals surface area contributed by atoms with E-state index in [9.17, 15) is 18.0 Å². The topological polar surface area (TPSA) is 41.5 Å². The number of amides is 1. The molecule has 0 spiro atoms. The van der Waals surface area contributed by atoms with Crippen LogP contribution in [-0.2, 0) is 11.0 Å². The maximum Gasteiger partial charge on any atom is 0.416 e. The summed E-state index contributed by atoms with van der Waals surface area (Å²) in [7, 11) is 0. The third kappa shape index (κ3) is 3.63. The predicted molar refractivity (Wildman–Crippen MR) is 81.7 cm³/mol. The second kappa shape index (κ2) is 6.32. The second-order valence-electron chi connectivity index (χ2n) is 5.47. The number of alkyl halides is 3. The van der Waals surface area contributed by atoms with Crippen molar-refractivity contribution in [2.75, 3.05) is 0 Å². The average Bonchev–Trinajstić information content (AvgIpc) is 2.78. The van der Waals surface area contributed by atoms with Crippen molar-refractivity contribution in [2.45, 2.75) is 38.2 Å². The fourth-order valence-corrected chi connectivity index (χ4v) is 3.30. The number of thioether (sulfide) groups is 1. The van der Waals surface area contributed by atoms with Crippen LogP contribution in [0.4, 0.5) is 13.2 Å². The third-order valence-corrected chi connectivity index (χ3v) is 4.80. The number of carbonyl (C=O) groups excluding carboxylic acids is 1. The number of nitrogens with one attached hydrogen (secondary N) is 1. The van der Waals surface area contributed by atoms with Gasteiger partial charge in [0, 0.05) is 0 Å². The highest BCUT2D eigenvalue weighted by Crippen LogP contribution is 2.36. The quantitative estimate of drug-likeness (QED) is 0.910. The molecule has 22 heavy (non-hydrogen) atoms. The SMILES string of the molecule is CC(C)C1SC(=N[C@H](C)c2ccccc2C(F)(F)F)NC1=O. The van der Waals surface area contributed by atoms with Crippen LogP contribution in [0.25, 0.3) is 0 Å². The molecule has 0 radical (unpaired) electrons.